The quantitative estimate of drug-likeness (QED) is 0.664. The molecule has 0 aliphatic heterocycles. The summed E-state index contributed by atoms with van der Waals surface area (Å²) < 4.78 is 0. The maximum absolute atomic E-state index is 10.9. The zero-order chi connectivity index (χ0) is 13.2. The van der Waals surface area contributed by atoms with E-state index >= 15 is 0 Å². The molecule has 0 spiro atoms. The van der Waals surface area contributed by atoms with Crippen molar-refractivity contribution in [1.82, 2.24) is 9.97 Å². The van der Waals surface area contributed by atoms with Gasteiger partial charge in [-0.2, -0.15) is 0 Å². The van der Waals surface area contributed by atoms with Crippen molar-refractivity contribution in [1.29, 1.82) is 0 Å². The second-order valence-corrected chi connectivity index (χ2v) is 4.87. The predicted molar refractivity (Wildman–Crippen MR) is 68.8 cm³/mol. The van der Waals surface area contributed by atoms with Crippen molar-refractivity contribution in [3.05, 3.63) is 52.3 Å². The largest absolute Gasteiger partial charge is 0.342 e. The molecule has 0 aliphatic carbocycles. The molecule has 0 bridgehead atoms. The van der Waals surface area contributed by atoms with Crippen LogP contribution in [0, 0.1) is 10.1 Å². The maximum atomic E-state index is 10.9. The second kappa shape index (κ2) is 4.60. The minimum absolute atomic E-state index is 0.268. The molecule has 0 amide bonds. The first-order valence-corrected chi connectivity index (χ1v) is 5.73. The van der Waals surface area contributed by atoms with Crippen molar-refractivity contribution in [2.24, 2.45) is 0 Å². The van der Waals surface area contributed by atoms with E-state index in [9.17, 15) is 10.1 Å². The Bertz CT molecular complexity index is 546. The van der Waals surface area contributed by atoms with Crippen molar-refractivity contribution in [3.63, 3.8) is 0 Å². The number of rotatable bonds is 4. The molecule has 1 aromatic carbocycles. The highest BCUT2D eigenvalue weighted by Gasteiger charge is 2.31. The number of aromatic amines is 1. The van der Waals surface area contributed by atoms with Gasteiger partial charge in [-0.15, -0.1) is 0 Å². The van der Waals surface area contributed by atoms with E-state index in [0.717, 1.165) is 17.1 Å². The average Bonchev–Trinajstić information content (AvgIpc) is 2.78. The van der Waals surface area contributed by atoms with Crippen LogP contribution < -0.4 is 0 Å². The second-order valence-electron chi connectivity index (χ2n) is 4.87. The average molecular weight is 245 g/mol. The standard InChI is InChI=1S/C13H15N3O2/c1-13(2,16(17)18)8-11-9-14-12(15-11)10-6-4-3-5-7-10/h3-7,9H,8H2,1-2H3,(H,14,15). The summed E-state index contributed by atoms with van der Waals surface area (Å²) in [7, 11) is 0. The first kappa shape index (κ1) is 12.3. The lowest BCUT2D eigenvalue weighted by Crippen LogP contribution is -2.33. The normalized spacial score (nSPS) is 11.4. The van der Waals surface area contributed by atoms with Gasteiger partial charge in [-0.25, -0.2) is 4.98 Å². The first-order valence-electron chi connectivity index (χ1n) is 5.73. The van der Waals surface area contributed by atoms with Gasteiger partial charge in [-0.05, 0) is 0 Å². The molecule has 0 saturated heterocycles. The summed E-state index contributed by atoms with van der Waals surface area (Å²) in [4.78, 5) is 18.0. The number of nitrogens with one attached hydrogen (secondary N) is 1. The van der Waals surface area contributed by atoms with Crippen molar-refractivity contribution in [2.75, 3.05) is 0 Å². The number of benzene rings is 1. The van der Waals surface area contributed by atoms with Gasteiger partial charge in [0.15, 0.2) is 0 Å². The molecule has 0 radical (unpaired) electrons. The lowest BCUT2D eigenvalue weighted by molar-refractivity contribution is -0.560. The molecule has 2 rings (SSSR count). The molecular weight excluding hydrogens is 230 g/mol. The van der Waals surface area contributed by atoms with Crippen molar-refractivity contribution < 1.29 is 4.92 Å². The number of nitrogens with zero attached hydrogens (tertiary/aromatic N) is 2. The van der Waals surface area contributed by atoms with Gasteiger partial charge >= 0.3 is 0 Å². The molecule has 5 nitrogen and oxygen atoms in total. The van der Waals surface area contributed by atoms with Crippen LogP contribution >= 0.6 is 0 Å². The van der Waals surface area contributed by atoms with Crippen LogP contribution in [0.5, 0.6) is 0 Å². The number of nitro groups is 1. The lowest BCUT2D eigenvalue weighted by Gasteiger charge is -2.13. The fraction of sp³-hybridized carbons (Fsp3) is 0.308. The van der Waals surface area contributed by atoms with E-state index in [1.807, 2.05) is 30.3 Å². The highest BCUT2D eigenvalue weighted by atomic mass is 16.6. The monoisotopic (exact) mass is 245 g/mol. The first-order chi connectivity index (χ1) is 8.49. The van der Waals surface area contributed by atoms with Gasteiger partial charge in [0.05, 0.1) is 6.42 Å². The minimum atomic E-state index is -0.986. The summed E-state index contributed by atoms with van der Waals surface area (Å²) in [5.74, 6) is 0.741. The van der Waals surface area contributed by atoms with E-state index in [4.69, 9.17) is 0 Å². The maximum Gasteiger partial charge on any atom is 0.222 e. The molecule has 0 saturated carbocycles. The Labute approximate surface area is 105 Å². The number of hydrogen-bond donors (Lipinski definition) is 1. The van der Waals surface area contributed by atoms with Crippen LogP contribution in [-0.4, -0.2) is 20.4 Å². The van der Waals surface area contributed by atoms with E-state index in [0.29, 0.717) is 6.42 Å². The summed E-state index contributed by atoms with van der Waals surface area (Å²) in [5.41, 5.74) is 0.763. The van der Waals surface area contributed by atoms with Crippen LogP contribution in [-0.2, 0) is 6.42 Å². The Morgan fingerprint density at radius 2 is 2.00 bits per heavy atom. The van der Waals surface area contributed by atoms with Crippen molar-refractivity contribution >= 4 is 0 Å². The smallest absolute Gasteiger partial charge is 0.222 e. The van der Waals surface area contributed by atoms with E-state index in [1.165, 1.54) is 0 Å². The summed E-state index contributed by atoms with van der Waals surface area (Å²) in [6.07, 6.45) is 1.99. The number of imidazole rings is 1. The zero-order valence-electron chi connectivity index (χ0n) is 10.4. The summed E-state index contributed by atoms with van der Waals surface area (Å²) in [5, 5.41) is 10.9. The van der Waals surface area contributed by atoms with Crippen molar-refractivity contribution in [2.45, 2.75) is 25.8 Å². The lowest BCUT2D eigenvalue weighted by atomic mass is 10.0. The van der Waals surface area contributed by atoms with Gasteiger partial charge in [0.25, 0.3) is 0 Å². The fourth-order valence-electron chi connectivity index (χ4n) is 1.72. The highest BCUT2D eigenvalue weighted by Crippen LogP contribution is 2.19. The topological polar surface area (TPSA) is 71.8 Å². The Hall–Kier alpha value is -2.17. The molecule has 1 N–H and O–H groups in total. The van der Waals surface area contributed by atoms with E-state index in [-0.39, 0.29) is 4.92 Å². The molecule has 18 heavy (non-hydrogen) atoms. The summed E-state index contributed by atoms with van der Waals surface area (Å²) in [6.45, 7) is 3.21. The van der Waals surface area contributed by atoms with Crippen molar-refractivity contribution in [3.8, 4) is 11.4 Å². The number of aromatic nitrogens is 2. The Balaban J connectivity index is 2.19. The molecule has 94 valence electrons. The molecule has 0 fully saturated rings. The van der Waals surface area contributed by atoms with Crippen LogP contribution in [0.4, 0.5) is 0 Å². The predicted octanol–water partition coefficient (Wildman–Crippen LogP) is 2.67. The fourth-order valence-corrected chi connectivity index (χ4v) is 1.72. The van der Waals surface area contributed by atoms with Crippen LogP contribution in [0.2, 0.25) is 0 Å². The van der Waals surface area contributed by atoms with Crippen LogP contribution in [0.3, 0.4) is 0 Å². The van der Waals surface area contributed by atoms with Crippen LogP contribution in [0.15, 0.2) is 36.5 Å². The molecule has 2 aromatic rings. The SMILES string of the molecule is CC(C)(Cc1cnc(-c2ccccc2)[nH]1)[N+](=O)[O-]. The highest BCUT2D eigenvalue weighted by molar-refractivity contribution is 5.54. The van der Waals surface area contributed by atoms with Gasteiger partial charge in [0.2, 0.25) is 5.54 Å². The van der Waals surface area contributed by atoms with Gasteiger partial charge < -0.3 is 4.98 Å². The third-order valence-corrected chi connectivity index (χ3v) is 2.79. The zero-order valence-corrected chi connectivity index (χ0v) is 10.4. The van der Waals surface area contributed by atoms with E-state index in [1.54, 1.807) is 20.0 Å². The number of H-pyrrole nitrogens is 1. The van der Waals surface area contributed by atoms with E-state index in [2.05, 4.69) is 9.97 Å². The minimum Gasteiger partial charge on any atom is -0.342 e. The van der Waals surface area contributed by atoms with Crippen LogP contribution in [0.1, 0.15) is 19.5 Å². The molecule has 1 aromatic heterocycles. The molecule has 0 atom stereocenters. The molecular formula is C13H15N3O2. The Kier molecular flexibility index (Phi) is 3.14. The summed E-state index contributed by atoms with van der Waals surface area (Å²) >= 11 is 0. The van der Waals surface area contributed by atoms with Crippen LogP contribution in [0.25, 0.3) is 11.4 Å². The Morgan fingerprint density at radius 1 is 1.33 bits per heavy atom. The third-order valence-electron chi connectivity index (χ3n) is 2.79. The third kappa shape index (κ3) is 2.56. The number of hydrogen-bond acceptors (Lipinski definition) is 3. The molecule has 0 unspecified atom stereocenters. The Morgan fingerprint density at radius 3 is 2.61 bits per heavy atom. The molecule has 5 heteroatoms. The summed E-state index contributed by atoms with van der Waals surface area (Å²) in [6, 6.07) is 9.68. The molecule has 1 heterocycles. The van der Waals surface area contributed by atoms with Gasteiger partial charge in [0.1, 0.15) is 5.82 Å². The molecule has 0 aliphatic rings. The van der Waals surface area contributed by atoms with E-state index < -0.39 is 5.54 Å². The van der Waals surface area contributed by atoms with Gasteiger partial charge in [0, 0.05) is 36.2 Å². The van der Waals surface area contributed by atoms with Gasteiger partial charge in [-0.1, -0.05) is 30.3 Å². The van der Waals surface area contributed by atoms with Gasteiger partial charge in [-0.3, -0.25) is 10.1 Å².